The van der Waals surface area contributed by atoms with Gasteiger partial charge in [0.25, 0.3) is 10.0 Å². The third-order valence-corrected chi connectivity index (χ3v) is 7.28. The lowest BCUT2D eigenvalue weighted by Gasteiger charge is -2.10. The standard InChI is InChI=1S/C24H22N6O5S/c1-14-15(2)27-30(16(14)3)22-12-23(26-13-25-22)34-18-7-5-17(6-8-18)28-36(32,33)19-9-10-21-20(11-19)29(4)24(31)35-21/h5-13,28H,1-4H3. The van der Waals surface area contributed by atoms with Crippen LogP contribution in [0.2, 0.25) is 0 Å². The molecule has 3 heterocycles. The Morgan fingerprint density at radius 3 is 2.44 bits per heavy atom. The highest BCUT2D eigenvalue weighted by atomic mass is 32.2. The summed E-state index contributed by atoms with van der Waals surface area (Å²) in [5, 5.41) is 4.51. The molecule has 184 valence electrons. The highest BCUT2D eigenvalue weighted by molar-refractivity contribution is 7.92. The predicted molar refractivity (Wildman–Crippen MR) is 132 cm³/mol. The number of sulfonamides is 1. The second-order valence-corrected chi connectivity index (χ2v) is 9.89. The first kappa shape index (κ1) is 23.3. The minimum atomic E-state index is -3.90. The molecule has 5 rings (SSSR count). The van der Waals surface area contributed by atoms with Gasteiger partial charge in [-0.2, -0.15) is 5.10 Å². The average molecular weight is 507 g/mol. The number of nitrogens with zero attached hydrogens (tertiary/aromatic N) is 5. The fourth-order valence-electron chi connectivity index (χ4n) is 3.64. The van der Waals surface area contributed by atoms with Crippen molar-refractivity contribution in [3.05, 3.63) is 82.4 Å². The summed E-state index contributed by atoms with van der Waals surface area (Å²) in [6.45, 7) is 5.90. The van der Waals surface area contributed by atoms with Crippen molar-refractivity contribution < 1.29 is 17.6 Å². The number of anilines is 1. The third kappa shape index (κ3) is 4.22. The smallest absolute Gasteiger partial charge is 0.419 e. The summed E-state index contributed by atoms with van der Waals surface area (Å²) in [5.41, 5.74) is 4.01. The number of oxazole rings is 1. The number of ether oxygens (including phenoxy) is 1. The van der Waals surface area contributed by atoms with Crippen LogP contribution in [0.5, 0.6) is 11.6 Å². The number of aromatic nitrogens is 5. The van der Waals surface area contributed by atoms with E-state index in [-0.39, 0.29) is 4.90 Å². The minimum absolute atomic E-state index is 0.000343. The number of rotatable bonds is 6. The summed E-state index contributed by atoms with van der Waals surface area (Å²) in [6.07, 6.45) is 1.39. The zero-order chi connectivity index (χ0) is 25.6. The molecule has 0 fully saturated rings. The molecule has 0 atom stereocenters. The molecule has 0 bridgehead atoms. The number of hydrogen-bond donors (Lipinski definition) is 1. The van der Waals surface area contributed by atoms with E-state index in [9.17, 15) is 13.2 Å². The second kappa shape index (κ2) is 8.64. The van der Waals surface area contributed by atoms with Crippen molar-refractivity contribution in [2.24, 2.45) is 7.05 Å². The van der Waals surface area contributed by atoms with Crippen molar-refractivity contribution >= 4 is 26.8 Å². The number of aryl methyl sites for hydroxylation is 2. The Morgan fingerprint density at radius 1 is 1.00 bits per heavy atom. The van der Waals surface area contributed by atoms with Gasteiger partial charge in [-0.1, -0.05) is 0 Å². The van der Waals surface area contributed by atoms with Gasteiger partial charge in [0.05, 0.1) is 16.1 Å². The highest BCUT2D eigenvalue weighted by Crippen LogP contribution is 2.25. The van der Waals surface area contributed by atoms with Gasteiger partial charge in [0.15, 0.2) is 11.4 Å². The second-order valence-electron chi connectivity index (χ2n) is 8.21. The van der Waals surface area contributed by atoms with Gasteiger partial charge in [0.2, 0.25) is 5.88 Å². The molecular formula is C24H22N6O5S. The molecule has 0 aliphatic carbocycles. The Kier molecular flexibility index (Phi) is 5.59. The monoisotopic (exact) mass is 506 g/mol. The predicted octanol–water partition coefficient (Wildman–Crippen LogP) is 3.63. The van der Waals surface area contributed by atoms with Gasteiger partial charge in [-0.15, -0.1) is 0 Å². The average Bonchev–Trinajstić information content (AvgIpc) is 3.29. The van der Waals surface area contributed by atoms with Crippen molar-refractivity contribution in [3.63, 3.8) is 0 Å². The Balaban J connectivity index is 1.33. The lowest BCUT2D eigenvalue weighted by molar-refractivity contribution is 0.460. The fourth-order valence-corrected chi connectivity index (χ4v) is 4.72. The summed E-state index contributed by atoms with van der Waals surface area (Å²) in [4.78, 5) is 20.1. The molecule has 0 amide bonds. The molecule has 0 aliphatic heterocycles. The first-order valence-electron chi connectivity index (χ1n) is 10.9. The van der Waals surface area contributed by atoms with Crippen molar-refractivity contribution in [2.45, 2.75) is 25.7 Å². The number of hydrogen-bond acceptors (Lipinski definition) is 8. The summed E-state index contributed by atoms with van der Waals surface area (Å²) in [5.74, 6) is 0.786. The van der Waals surface area contributed by atoms with E-state index in [1.54, 1.807) is 35.0 Å². The van der Waals surface area contributed by atoms with Crippen LogP contribution in [0.1, 0.15) is 17.0 Å². The Labute approximate surface area is 206 Å². The molecule has 0 radical (unpaired) electrons. The van der Waals surface area contributed by atoms with Crippen molar-refractivity contribution in [2.75, 3.05) is 4.72 Å². The van der Waals surface area contributed by atoms with Gasteiger partial charge >= 0.3 is 5.76 Å². The maximum Gasteiger partial charge on any atom is 0.419 e. The van der Waals surface area contributed by atoms with Gasteiger partial charge in [-0.05, 0) is 68.8 Å². The van der Waals surface area contributed by atoms with E-state index in [0.29, 0.717) is 34.2 Å². The first-order valence-corrected chi connectivity index (χ1v) is 12.4. The number of nitrogens with one attached hydrogen (secondary N) is 1. The molecule has 36 heavy (non-hydrogen) atoms. The van der Waals surface area contributed by atoms with Crippen molar-refractivity contribution in [1.29, 1.82) is 0 Å². The molecular weight excluding hydrogens is 484 g/mol. The van der Waals surface area contributed by atoms with Crippen LogP contribution in [0.25, 0.3) is 16.9 Å². The summed E-state index contributed by atoms with van der Waals surface area (Å²) >= 11 is 0. The van der Waals surface area contributed by atoms with Crippen molar-refractivity contribution in [3.8, 4) is 17.4 Å². The maximum absolute atomic E-state index is 12.9. The summed E-state index contributed by atoms with van der Waals surface area (Å²) in [6, 6.07) is 12.3. The maximum atomic E-state index is 12.9. The Morgan fingerprint density at radius 2 is 1.75 bits per heavy atom. The summed E-state index contributed by atoms with van der Waals surface area (Å²) < 4.78 is 42.2. The Hall–Kier alpha value is -4.45. The van der Waals surface area contributed by atoms with E-state index in [1.807, 2.05) is 20.8 Å². The number of benzene rings is 2. The normalized spacial score (nSPS) is 11.7. The molecule has 0 saturated heterocycles. The molecule has 2 aromatic carbocycles. The zero-order valence-corrected chi connectivity index (χ0v) is 20.7. The van der Waals surface area contributed by atoms with E-state index in [4.69, 9.17) is 9.15 Å². The van der Waals surface area contributed by atoms with Crippen molar-refractivity contribution in [1.82, 2.24) is 24.3 Å². The molecule has 11 nitrogen and oxygen atoms in total. The van der Waals surface area contributed by atoms with E-state index in [1.165, 1.54) is 36.1 Å². The van der Waals surface area contributed by atoms with Crippen LogP contribution in [0.4, 0.5) is 5.69 Å². The molecule has 0 spiro atoms. The van der Waals surface area contributed by atoms with E-state index in [0.717, 1.165) is 17.0 Å². The molecule has 1 N–H and O–H groups in total. The summed E-state index contributed by atoms with van der Waals surface area (Å²) in [7, 11) is -2.39. The van der Waals surface area contributed by atoms with Crippen LogP contribution in [0.3, 0.4) is 0 Å². The fraction of sp³-hybridized carbons (Fsp3) is 0.167. The van der Waals surface area contributed by atoms with Crippen LogP contribution in [-0.2, 0) is 17.1 Å². The SMILES string of the molecule is Cc1nn(-c2cc(Oc3ccc(NS(=O)(=O)c4ccc5oc(=O)n(C)c5c4)cc3)ncn2)c(C)c1C. The molecule has 5 aromatic rings. The highest BCUT2D eigenvalue weighted by Gasteiger charge is 2.17. The minimum Gasteiger partial charge on any atom is -0.439 e. The first-order chi connectivity index (χ1) is 17.1. The van der Waals surface area contributed by atoms with Gasteiger partial charge in [0.1, 0.15) is 12.1 Å². The van der Waals surface area contributed by atoms with Gasteiger partial charge in [-0.3, -0.25) is 9.29 Å². The van der Waals surface area contributed by atoms with Crippen LogP contribution in [-0.4, -0.2) is 32.7 Å². The van der Waals surface area contributed by atoms with Gasteiger partial charge in [-0.25, -0.2) is 27.9 Å². The molecule has 0 saturated carbocycles. The third-order valence-electron chi connectivity index (χ3n) is 5.90. The molecule has 3 aromatic heterocycles. The van der Waals surface area contributed by atoms with E-state index in [2.05, 4.69) is 19.8 Å². The lowest BCUT2D eigenvalue weighted by Crippen LogP contribution is -2.13. The lowest BCUT2D eigenvalue weighted by atomic mass is 10.2. The van der Waals surface area contributed by atoms with Gasteiger partial charge in [0, 0.05) is 24.5 Å². The largest absolute Gasteiger partial charge is 0.439 e. The van der Waals surface area contributed by atoms with E-state index >= 15 is 0 Å². The van der Waals surface area contributed by atoms with E-state index < -0.39 is 15.8 Å². The quantitative estimate of drug-likeness (QED) is 0.369. The van der Waals surface area contributed by atoms with Crippen LogP contribution < -0.4 is 15.2 Å². The molecule has 0 aliphatic rings. The van der Waals surface area contributed by atoms with Crippen LogP contribution in [0, 0.1) is 20.8 Å². The number of fused-ring (bicyclic) bond motifs is 1. The molecule has 12 heteroatoms. The molecule has 0 unspecified atom stereocenters. The zero-order valence-electron chi connectivity index (χ0n) is 19.9. The topological polar surface area (TPSA) is 134 Å². The van der Waals surface area contributed by atoms with Gasteiger partial charge < -0.3 is 9.15 Å². The van der Waals surface area contributed by atoms with Crippen LogP contribution >= 0.6 is 0 Å². The van der Waals surface area contributed by atoms with Crippen LogP contribution in [0.15, 0.2) is 69.0 Å². The Bertz CT molecular complexity index is 1770.